The van der Waals surface area contributed by atoms with Gasteiger partial charge in [0.15, 0.2) is 0 Å². The van der Waals surface area contributed by atoms with E-state index in [-0.39, 0.29) is 5.91 Å². The van der Waals surface area contributed by atoms with E-state index in [9.17, 15) is 4.79 Å². The number of aryl methyl sites for hydroxylation is 1. The van der Waals surface area contributed by atoms with E-state index in [0.29, 0.717) is 25.4 Å². The van der Waals surface area contributed by atoms with Crippen molar-refractivity contribution in [1.29, 1.82) is 0 Å². The van der Waals surface area contributed by atoms with E-state index in [1.165, 1.54) is 9.13 Å². The summed E-state index contributed by atoms with van der Waals surface area (Å²) in [5.74, 6) is 1.40. The van der Waals surface area contributed by atoms with Crippen LogP contribution in [0, 0.1) is 10.5 Å². The Balaban J connectivity index is 1.72. The van der Waals surface area contributed by atoms with Gasteiger partial charge in [-0.15, -0.1) is 0 Å². The fraction of sp³-hybridized carbons (Fsp3) is 0.350. The molecule has 2 aromatic carbocycles. The molecule has 0 atom stereocenters. The first-order valence-corrected chi connectivity index (χ1v) is 9.32. The van der Waals surface area contributed by atoms with Gasteiger partial charge in [-0.05, 0) is 83.3 Å². The lowest BCUT2D eigenvalue weighted by Gasteiger charge is -2.10. The molecule has 0 spiro atoms. The third-order valence-corrected chi connectivity index (χ3v) is 4.50. The quantitative estimate of drug-likeness (QED) is 0.458. The SMILES string of the molecule is Cc1cc(I)ccc1NC(=O)CCCOc1ccc(C(C)C)cc1. The zero-order valence-corrected chi connectivity index (χ0v) is 16.6. The van der Waals surface area contributed by atoms with Crippen LogP contribution < -0.4 is 10.1 Å². The summed E-state index contributed by atoms with van der Waals surface area (Å²) in [6.45, 7) is 6.88. The van der Waals surface area contributed by atoms with Gasteiger partial charge in [-0.3, -0.25) is 4.79 Å². The highest BCUT2D eigenvalue weighted by Crippen LogP contribution is 2.19. The molecule has 0 heterocycles. The summed E-state index contributed by atoms with van der Waals surface area (Å²) in [5.41, 5.74) is 3.26. The third-order valence-electron chi connectivity index (χ3n) is 3.83. The summed E-state index contributed by atoms with van der Waals surface area (Å²) in [5, 5.41) is 2.96. The lowest BCUT2D eigenvalue weighted by atomic mass is 10.0. The van der Waals surface area contributed by atoms with Crippen LogP contribution in [0.25, 0.3) is 0 Å². The van der Waals surface area contributed by atoms with Gasteiger partial charge in [0.05, 0.1) is 6.61 Å². The van der Waals surface area contributed by atoms with Crippen LogP contribution in [0.5, 0.6) is 5.75 Å². The fourth-order valence-electron chi connectivity index (χ4n) is 2.35. The summed E-state index contributed by atoms with van der Waals surface area (Å²) in [6, 6.07) is 14.2. The number of halogens is 1. The average molecular weight is 437 g/mol. The van der Waals surface area contributed by atoms with Crippen LogP contribution in [0.1, 0.15) is 43.7 Å². The lowest BCUT2D eigenvalue weighted by molar-refractivity contribution is -0.116. The van der Waals surface area contributed by atoms with Crippen LogP contribution in [0.4, 0.5) is 5.69 Å². The van der Waals surface area contributed by atoms with Crippen molar-refractivity contribution >= 4 is 34.2 Å². The molecule has 0 aromatic heterocycles. The normalized spacial score (nSPS) is 10.7. The van der Waals surface area contributed by atoms with E-state index in [1.807, 2.05) is 31.2 Å². The molecule has 4 heteroatoms. The summed E-state index contributed by atoms with van der Waals surface area (Å²) in [7, 11) is 0. The van der Waals surface area contributed by atoms with Crippen LogP contribution in [0.2, 0.25) is 0 Å². The highest BCUT2D eigenvalue weighted by Gasteiger charge is 2.05. The van der Waals surface area contributed by atoms with E-state index in [4.69, 9.17) is 4.74 Å². The lowest BCUT2D eigenvalue weighted by Crippen LogP contribution is -2.13. The Labute approximate surface area is 157 Å². The zero-order valence-electron chi connectivity index (χ0n) is 14.4. The highest BCUT2D eigenvalue weighted by molar-refractivity contribution is 14.1. The minimum atomic E-state index is 0.0260. The molecule has 0 saturated carbocycles. The molecule has 1 amide bonds. The maximum Gasteiger partial charge on any atom is 0.224 e. The first-order valence-electron chi connectivity index (χ1n) is 8.24. The Morgan fingerprint density at radius 2 is 1.88 bits per heavy atom. The number of rotatable bonds is 7. The van der Waals surface area contributed by atoms with E-state index in [2.05, 4.69) is 60.0 Å². The summed E-state index contributed by atoms with van der Waals surface area (Å²) < 4.78 is 6.87. The zero-order chi connectivity index (χ0) is 17.5. The number of hydrogen-bond acceptors (Lipinski definition) is 2. The number of carbonyl (C=O) groups is 1. The average Bonchev–Trinajstić information content (AvgIpc) is 2.55. The monoisotopic (exact) mass is 437 g/mol. The maximum atomic E-state index is 12.0. The minimum absolute atomic E-state index is 0.0260. The van der Waals surface area contributed by atoms with Crippen molar-refractivity contribution in [3.8, 4) is 5.75 Å². The number of carbonyl (C=O) groups excluding carboxylic acids is 1. The van der Waals surface area contributed by atoms with Crippen molar-refractivity contribution < 1.29 is 9.53 Å². The molecule has 3 nitrogen and oxygen atoms in total. The molecular formula is C20H24INO2. The first-order chi connectivity index (χ1) is 11.5. The number of anilines is 1. The predicted octanol–water partition coefficient (Wildman–Crippen LogP) is 5.52. The van der Waals surface area contributed by atoms with Crippen LogP contribution in [0.3, 0.4) is 0 Å². The molecule has 128 valence electrons. The Morgan fingerprint density at radius 1 is 1.17 bits per heavy atom. The Morgan fingerprint density at radius 3 is 2.50 bits per heavy atom. The topological polar surface area (TPSA) is 38.3 Å². The maximum absolute atomic E-state index is 12.0. The van der Waals surface area contributed by atoms with Crippen molar-refractivity contribution in [3.63, 3.8) is 0 Å². The number of benzene rings is 2. The molecule has 0 bridgehead atoms. The van der Waals surface area contributed by atoms with Gasteiger partial charge in [0.2, 0.25) is 5.91 Å². The molecule has 0 unspecified atom stereocenters. The Hall–Kier alpha value is -1.56. The second kappa shape index (κ2) is 9.06. The second-order valence-electron chi connectivity index (χ2n) is 6.18. The van der Waals surface area contributed by atoms with Gasteiger partial charge in [-0.1, -0.05) is 26.0 Å². The summed E-state index contributed by atoms with van der Waals surface area (Å²) in [6.07, 6.45) is 1.15. The summed E-state index contributed by atoms with van der Waals surface area (Å²) in [4.78, 5) is 12.0. The number of nitrogens with one attached hydrogen (secondary N) is 1. The van der Waals surface area contributed by atoms with Gasteiger partial charge >= 0.3 is 0 Å². The van der Waals surface area contributed by atoms with Gasteiger partial charge in [0.25, 0.3) is 0 Å². The number of ether oxygens (including phenoxy) is 1. The first kappa shape index (κ1) is 18.8. The molecule has 0 fully saturated rings. The Kier molecular flexibility index (Phi) is 7.09. The second-order valence-corrected chi connectivity index (χ2v) is 7.43. The van der Waals surface area contributed by atoms with Crippen LogP contribution >= 0.6 is 22.6 Å². The minimum Gasteiger partial charge on any atom is -0.494 e. The van der Waals surface area contributed by atoms with Gasteiger partial charge in [-0.2, -0.15) is 0 Å². The van der Waals surface area contributed by atoms with Crippen LogP contribution in [-0.2, 0) is 4.79 Å². The van der Waals surface area contributed by atoms with Gasteiger partial charge < -0.3 is 10.1 Å². The summed E-state index contributed by atoms with van der Waals surface area (Å²) >= 11 is 2.27. The van der Waals surface area contributed by atoms with E-state index >= 15 is 0 Å². The molecule has 0 radical (unpaired) electrons. The van der Waals surface area contributed by atoms with Crippen LogP contribution in [-0.4, -0.2) is 12.5 Å². The van der Waals surface area contributed by atoms with Crippen molar-refractivity contribution in [2.75, 3.05) is 11.9 Å². The number of hydrogen-bond donors (Lipinski definition) is 1. The largest absolute Gasteiger partial charge is 0.494 e. The highest BCUT2D eigenvalue weighted by atomic mass is 127. The van der Waals surface area contributed by atoms with Gasteiger partial charge in [-0.25, -0.2) is 0 Å². The Bertz CT molecular complexity index is 681. The standard InChI is InChI=1S/C20H24INO2/c1-14(2)16-6-9-18(10-7-16)24-12-4-5-20(23)22-19-11-8-17(21)13-15(19)3/h6-11,13-14H,4-5,12H2,1-3H3,(H,22,23). The van der Waals surface area contributed by atoms with E-state index in [0.717, 1.165) is 17.0 Å². The molecule has 0 aliphatic carbocycles. The van der Waals surface area contributed by atoms with Crippen molar-refractivity contribution in [1.82, 2.24) is 0 Å². The molecule has 2 aromatic rings. The van der Waals surface area contributed by atoms with E-state index in [1.54, 1.807) is 0 Å². The van der Waals surface area contributed by atoms with Crippen molar-refractivity contribution in [2.45, 2.75) is 39.5 Å². The molecule has 0 aliphatic heterocycles. The van der Waals surface area contributed by atoms with Crippen molar-refractivity contribution in [3.05, 3.63) is 57.2 Å². The van der Waals surface area contributed by atoms with Gasteiger partial charge in [0, 0.05) is 15.7 Å². The van der Waals surface area contributed by atoms with E-state index < -0.39 is 0 Å². The molecule has 0 saturated heterocycles. The molecule has 24 heavy (non-hydrogen) atoms. The number of amides is 1. The van der Waals surface area contributed by atoms with Crippen LogP contribution in [0.15, 0.2) is 42.5 Å². The predicted molar refractivity (Wildman–Crippen MR) is 108 cm³/mol. The molecule has 0 aliphatic rings. The molecule has 1 N–H and O–H groups in total. The molecular weight excluding hydrogens is 413 g/mol. The fourth-order valence-corrected chi connectivity index (χ4v) is 3.00. The van der Waals surface area contributed by atoms with Crippen molar-refractivity contribution in [2.24, 2.45) is 0 Å². The molecule has 2 rings (SSSR count). The van der Waals surface area contributed by atoms with Gasteiger partial charge in [0.1, 0.15) is 5.75 Å². The third kappa shape index (κ3) is 5.82. The smallest absolute Gasteiger partial charge is 0.224 e.